The lowest BCUT2D eigenvalue weighted by Gasteiger charge is -2.11. The molecule has 0 heterocycles. The summed E-state index contributed by atoms with van der Waals surface area (Å²) in [7, 11) is 1.62. The van der Waals surface area contributed by atoms with Gasteiger partial charge in [0.1, 0.15) is 11.5 Å². The highest BCUT2D eigenvalue weighted by atomic mass is 16.5. The second-order valence-corrected chi connectivity index (χ2v) is 4.50. The Morgan fingerprint density at radius 2 is 1.81 bits per heavy atom. The van der Waals surface area contributed by atoms with Gasteiger partial charge in [-0.05, 0) is 36.8 Å². The van der Waals surface area contributed by atoms with Crippen LogP contribution in [0.1, 0.15) is 12.5 Å². The van der Waals surface area contributed by atoms with Gasteiger partial charge >= 0.3 is 0 Å². The lowest BCUT2D eigenvalue weighted by atomic mass is 10.1. The smallest absolute Gasteiger partial charge is 0.228 e. The largest absolute Gasteiger partial charge is 0.497 e. The zero-order chi connectivity index (χ0) is 15.1. The third-order valence-electron chi connectivity index (χ3n) is 2.98. The Balaban J connectivity index is 2.01. The minimum absolute atomic E-state index is 0.0766. The molecule has 2 aromatic rings. The molecule has 0 spiro atoms. The number of anilines is 1. The molecule has 0 aliphatic rings. The van der Waals surface area contributed by atoms with E-state index in [2.05, 4.69) is 5.32 Å². The number of amides is 1. The van der Waals surface area contributed by atoms with E-state index in [1.165, 1.54) is 0 Å². The van der Waals surface area contributed by atoms with E-state index in [-0.39, 0.29) is 5.91 Å². The summed E-state index contributed by atoms with van der Waals surface area (Å²) in [5, 5.41) is 2.88. The fraction of sp³-hybridized carbons (Fsp3) is 0.235. The molecule has 0 radical (unpaired) electrons. The van der Waals surface area contributed by atoms with Crippen LogP contribution in [0, 0.1) is 0 Å². The van der Waals surface area contributed by atoms with Crippen LogP contribution in [0.4, 0.5) is 5.69 Å². The Morgan fingerprint density at radius 3 is 2.48 bits per heavy atom. The summed E-state index contributed by atoms with van der Waals surface area (Å²) in [5.74, 6) is 1.39. The van der Waals surface area contributed by atoms with Crippen LogP contribution in [-0.2, 0) is 11.2 Å². The van der Waals surface area contributed by atoms with Gasteiger partial charge in [0.15, 0.2) is 0 Å². The maximum absolute atomic E-state index is 12.1. The summed E-state index contributed by atoms with van der Waals surface area (Å²) in [6.45, 7) is 2.47. The zero-order valence-corrected chi connectivity index (χ0v) is 12.3. The Hall–Kier alpha value is -2.49. The number of nitrogens with one attached hydrogen (secondary N) is 1. The second-order valence-electron chi connectivity index (χ2n) is 4.50. The van der Waals surface area contributed by atoms with E-state index in [1.54, 1.807) is 7.11 Å². The Kier molecular flexibility index (Phi) is 5.21. The standard InChI is InChI=1S/C17H19NO3/c1-3-21-16-7-5-4-6-15(16)18-17(19)12-13-8-10-14(20-2)11-9-13/h4-11H,3,12H2,1-2H3,(H,18,19). The maximum atomic E-state index is 12.1. The van der Waals surface area contributed by atoms with Gasteiger partial charge in [0.05, 0.1) is 25.8 Å². The first-order valence-corrected chi connectivity index (χ1v) is 6.87. The number of methoxy groups -OCH3 is 1. The highest BCUT2D eigenvalue weighted by Crippen LogP contribution is 2.23. The quantitative estimate of drug-likeness (QED) is 0.886. The predicted octanol–water partition coefficient (Wildman–Crippen LogP) is 3.28. The van der Waals surface area contributed by atoms with Gasteiger partial charge in [-0.3, -0.25) is 4.79 Å². The first-order valence-electron chi connectivity index (χ1n) is 6.87. The number of para-hydroxylation sites is 2. The van der Waals surface area contributed by atoms with E-state index in [0.717, 1.165) is 11.3 Å². The molecule has 1 amide bonds. The Labute approximate surface area is 124 Å². The molecule has 0 saturated carbocycles. The number of hydrogen-bond acceptors (Lipinski definition) is 3. The van der Waals surface area contributed by atoms with Crippen LogP contribution < -0.4 is 14.8 Å². The number of rotatable bonds is 6. The first-order chi connectivity index (χ1) is 10.2. The van der Waals surface area contributed by atoms with Crippen molar-refractivity contribution in [1.29, 1.82) is 0 Å². The highest BCUT2D eigenvalue weighted by molar-refractivity contribution is 5.93. The summed E-state index contributed by atoms with van der Waals surface area (Å²) in [5.41, 5.74) is 1.63. The van der Waals surface area contributed by atoms with E-state index < -0.39 is 0 Å². The molecule has 0 atom stereocenters. The van der Waals surface area contributed by atoms with Crippen LogP contribution >= 0.6 is 0 Å². The van der Waals surface area contributed by atoms with Crippen molar-refractivity contribution >= 4 is 11.6 Å². The van der Waals surface area contributed by atoms with Crippen molar-refractivity contribution in [3.8, 4) is 11.5 Å². The van der Waals surface area contributed by atoms with Crippen LogP contribution in [-0.4, -0.2) is 19.6 Å². The molecule has 0 fully saturated rings. The molecule has 4 heteroatoms. The molecule has 0 bridgehead atoms. The lowest BCUT2D eigenvalue weighted by molar-refractivity contribution is -0.115. The normalized spacial score (nSPS) is 10.0. The van der Waals surface area contributed by atoms with Crippen LogP contribution in [0.15, 0.2) is 48.5 Å². The van der Waals surface area contributed by atoms with Crippen molar-refractivity contribution in [2.24, 2.45) is 0 Å². The van der Waals surface area contributed by atoms with Gasteiger partial charge in [-0.1, -0.05) is 24.3 Å². The van der Waals surface area contributed by atoms with Crippen molar-refractivity contribution < 1.29 is 14.3 Å². The summed E-state index contributed by atoms with van der Waals surface area (Å²) >= 11 is 0. The maximum Gasteiger partial charge on any atom is 0.228 e. The van der Waals surface area contributed by atoms with Gasteiger partial charge in [0.25, 0.3) is 0 Å². The topological polar surface area (TPSA) is 47.6 Å². The summed E-state index contributed by atoms with van der Waals surface area (Å²) in [6.07, 6.45) is 0.310. The van der Waals surface area contributed by atoms with E-state index >= 15 is 0 Å². The third kappa shape index (κ3) is 4.24. The van der Waals surface area contributed by atoms with E-state index in [1.807, 2.05) is 55.5 Å². The molecule has 21 heavy (non-hydrogen) atoms. The van der Waals surface area contributed by atoms with E-state index in [9.17, 15) is 4.79 Å². The van der Waals surface area contributed by atoms with Gasteiger partial charge < -0.3 is 14.8 Å². The summed E-state index contributed by atoms with van der Waals surface area (Å²) in [6, 6.07) is 14.9. The van der Waals surface area contributed by atoms with Crippen molar-refractivity contribution in [3.05, 3.63) is 54.1 Å². The Bertz CT molecular complexity index is 593. The van der Waals surface area contributed by atoms with Crippen molar-refractivity contribution in [1.82, 2.24) is 0 Å². The predicted molar refractivity (Wildman–Crippen MR) is 82.9 cm³/mol. The van der Waals surface area contributed by atoms with Gasteiger partial charge in [0.2, 0.25) is 5.91 Å². The van der Waals surface area contributed by atoms with Gasteiger partial charge in [-0.25, -0.2) is 0 Å². The van der Waals surface area contributed by atoms with Crippen LogP contribution in [0.25, 0.3) is 0 Å². The molecule has 4 nitrogen and oxygen atoms in total. The van der Waals surface area contributed by atoms with Crippen molar-refractivity contribution in [3.63, 3.8) is 0 Å². The fourth-order valence-electron chi connectivity index (χ4n) is 1.97. The average Bonchev–Trinajstić information content (AvgIpc) is 2.50. The molecular formula is C17H19NO3. The summed E-state index contributed by atoms with van der Waals surface area (Å²) in [4.78, 5) is 12.1. The number of benzene rings is 2. The van der Waals surface area contributed by atoms with Crippen molar-refractivity contribution in [2.75, 3.05) is 19.0 Å². The van der Waals surface area contributed by atoms with E-state index in [0.29, 0.717) is 24.5 Å². The van der Waals surface area contributed by atoms with Gasteiger partial charge in [0, 0.05) is 0 Å². The molecule has 2 rings (SSSR count). The number of carbonyl (C=O) groups excluding carboxylic acids is 1. The molecule has 1 N–H and O–H groups in total. The van der Waals surface area contributed by atoms with E-state index in [4.69, 9.17) is 9.47 Å². The van der Waals surface area contributed by atoms with Crippen LogP contribution in [0.2, 0.25) is 0 Å². The molecule has 0 aliphatic carbocycles. The molecule has 0 aliphatic heterocycles. The van der Waals surface area contributed by atoms with Crippen molar-refractivity contribution in [2.45, 2.75) is 13.3 Å². The molecule has 110 valence electrons. The molecule has 0 aromatic heterocycles. The fourth-order valence-corrected chi connectivity index (χ4v) is 1.97. The number of ether oxygens (including phenoxy) is 2. The second kappa shape index (κ2) is 7.33. The molecular weight excluding hydrogens is 266 g/mol. The highest BCUT2D eigenvalue weighted by Gasteiger charge is 2.08. The lowest BCUT2D eigenvalue weighted by Crippen LogP contribution is -2.15. The van der Waals surface area contributed by atoms with Crippen LogP contribution in [0.5, 0.6) is 11.5 Å². The molecule has 0 saturated heterocycles. The molecule has 0 unspecified atom stereocenters. The average molecular weight is 285 g/mol. The minimum Gasteiger partial charge on any atom is -0.497 e. The molecule has 2 aromatic carbocycles. The third-order valence-corrected chi connectivity index (χ3v) is 2.98. The van der Waals surface area contributed by atoms with Gasteiger partial charge in [-0.2, -0.15) is 0 Å². The SMILES string of the molecule is CCOc1ccccc1NC(=O)Cc1ccc(OC)cc1. The minimum atomic E-state index is -0.0766. The monoisotopic (exact) mass is 285 g/mol. The first kappa shape index (κ1) is 14.9. The summed E-state index contributed by atoms with van der Waals surface area (Å²) < 4.78 is 10.6. The van der Waals surface area contributed by atoms with Crippen LogP contribution in [0.3, 0.4) is 0 Å². The van der Waals surface area contributed by atoms with Gasteiger partial charge in [-0.15, -0.1) is 0 Å². The Morgan fingerprint density at radius 1 is 1.10 bits per heavy atom. The number of hydrogen-bond donors (Lipinski definition) is 1. The zero-order valence-electron chi connectivity index (χ0n) is 12.3. The number of carbonyl (C=O) groups is 1.